The molecule has 0 saturated heterocycles. The molecule has 0 aromatic carbocycles. The lowest BCUT2D eigenvalue weighted by atomic mass is 10.2. The number of allylic oxidation sites excluding steroid dienone is 1. The molecule has 4 heteroatoms. The Kier molecular flexibility index (Phi) is 2.69. The molecule has 0 aliphatic carbocycles. The number of halogens is 2. The Labute approximate surface area is 109 Å². The quantitative estimate of drug-likeness (QED) is 0.756. The van der Waals surface area contributed by atoms with Gasteiger partial charge in [-0.3, -0.25) is 4.98 Å². The van der Waals surface area contributed by atoms with E-state index in [-0.39, 0.29) is 0 Å². The zero-order chi connectivity index (χ0) is 11.8. The van der Waals surface area contributed by atoms with Gasteiger partial charge in [-0.05, 0) is 24.3 Å². The van der Waals surface area contributed by atoms with Crippen LogP contribution in [0.4, 0.5) is 0 Å². The van der Waals surface area contributed by atoms with Crippen molar-refractivity contribution in [2.24, 2.45) is 0 Å². The fourth-order valence-electron chi connectivity index (χ4n) is 2.14. The highest BCUT2D eigenvalue weighted by molar-refractivity contribution is 6.34. The van der Waals surface area contributed by atoms with Crippen LogP contribution in [0.25, 0.3) is 17.3 Å². The molecule has 0 N–H and O–H groups in total. The lowest BCUT2D eigenvalue weighted by Crippen LogP contribution is -2.06. The molecule has 0 spiro atoms. The van der Waals surface area contributed by atoms with Crippen molar-refractivity contribution in [2.75, 3.05) is 0 Å². The maximum Gasteiger partial charge on any atom is 0.0690 e. The maximum absolute atomic E-state index is 6.30. The van der Waals surface area contributed by atoms with Gasteiger partial charge in [-0.1, -0.05) is 23.2 Å². The van der Waals surface area contributed by atoms with Gasteiger partial charge in [0, 0.05) is 41.6 Å². The Morgan fingerprint density at radius 2 is 2.18 bits per heavy atom. The van der Waals surface area contributed by atoms with Crippen LogP contribution in [0.2, 0.25) is 5.02 Å². The molecule has 0 atom stereocenters. The van der Waals surface area contributed by atoms with E-state index in [1.807, 2.05) is 30.5 Å². The van der Waals surface area contributed by atoms with Crippen molar-refractivity contribution in [1.29, 1.82) is 0 Å². The van der Waals surface area contributed by atoms with Gasteiger partial charge in [0.25, 0.3) is 0 Å². The lowest BCUT2D eigenvalue weighted by molar-refractivity contribution is 0.697. The summed E-state index contributed by atoms with van der Waals surface area (Å²) in [6.45, 7) is 0.863. The summed E-state index contributed by atoms with van der Waals surface area (Å²) in [6.07, 6.45) is 6.41. The van der Waals surface area contributed by atoms with E-state index in [4.69, 9.17) is 23.2 Å². The summed E-state index contributed by atoms with van der Waals surface area (Å²) in [6, 6.07) is 5.88. The molecule has 0 radical (unpaired) electrons. The monoisotopic (exact) mass is 264 g/mol. The maximum atomic E-state index is 6.30. The largest absolute Gasteiger partial charge is 0.339 e. The molecule has 2 aromatic rings. The highest BCUT2D eigenvalue weighted by Crippen LogP contribution is 2.35. The molecule has 2 aromatic heterocycles. The SMILES string of the molecule is ClC1=Cc2cc(Cl)c(-c3cccnc3)n2CC1. The molecule has 1 aliphatic rings. The van der Waals surface area contributed by atoms with E-state index in [0.717, 1.165) is 40.0 Å². The molecule has 0 saturated carbocycles. The van der Waals surface area contributed by atoms with Gasteiger partial charge in [0.05, 0.1) is 10.7 Å². The number of hydrogen-bond acceptors (Lipinski definition) is 1. The minimum Gasteiger partial charge on any atom is -0.339 e. The van der Waals surface area contributed by atoms with E-state index in [1.165, 1.54) is 0 Å². The fraction of sp³-hybridized carbons (Fsp3) is 0.154. The van der Waals surface area contributed by atoms with Crippen LogP contribution >= 0.6 is 23.2 Å². The molecule has 17 heavy (non-hydrogen) atoms. The van der Waals surface area contributed by atoms with Gasteiger partial charge >= 0.3 is 0 Å². The Morgan fingerprint density at radius 1 is 1.29 bits per heavy atom. The van der Waals surface area contributed by atoms with E-state index in [9.17, 15) is 0 Å². The number of hydrogen-bond donors (Lipinski definition) is 0. The molecule has 3 heterocycles. The van der Waals surface area contributed by atoms with Crippen LogP contribution in [-0.4, -0.2) is 9.55 Å². The molecule has 0 fully saturated rings. The highest BCUT2D eigenvalue weighted by Gasteiger charge is 2.17. The van der Waals surface area contributed by atoms with Gasteiger partial charge in [0.2, 0.25) is 0 Å². The van der Waals surface area contributed by atoms with Crippen molar-refractivity contribution < 1.29 is 0 Å². The van der Waals surface area contributed by atoms with Crippen LogP contribution < -0.4 is 0 Å². The molecule has 2 nitrogen and oxygen atoms in total. The lowest BCUT2D eigenvalue weighted by Gasteiger charge is -2.16. The summed E-state index contributed by atoms with van der Waals surface area (Å²) in [5, 5.41) is 1.63. The van der Waals surface area contributed by atoms with Crippen molar-refractivity contribution in [3.63, 3.8) is 0 Å². The van der Waals surface area contributed by atoms with E-state index in [1.54, 1.807) is 6.20 Å². The van der Waals surface area contributed by atoms with Gasteiger partial charge in [0.1, 0.15) is 0 Å². The first-order valence-electron chi connectivity index (χ1n) is 5.41. The van der Waals surface area contributed by atoms with Crippen molar-refractivity contribution in [3.8, 4) is 11.3 Å². The minimum atomic E-state index is 0.746. The van der Waals surface area contributed by atoms with Gasteiger partial charge in [-0.25, -0.2) is 0 Å². The molecule has 0 unspecified atom stereocenters. The van der Waals surface area contributed by atoms with Gasteiger partial charge in [0.15, 0.2) is 0 Å². The van der Waals surface area contributed by atoms with Crippen molar-refractivity contribution in [2.45, 2.75) is 13.0 Å². The number of rotatable bonds is 1. The van der Waals surface area contributed by atoms with Crippen molar-refractivity contribution in [3.05, 3.63) is 46.3 Å². The first-order chi connectivity index (χ1) is 8.25. The third kappa shape index (κ3) is 1.88. The van der Waals surface area contributed by atoms with Crippen LogP contribution in [0.3, 0.4) is 0 Å². The summed E-state index contributed by atoms with van der Waals surface area (Å²) < 4.78 is 2.19. The van der Waals surface area contributed by atoms with Crippen LogP contribution in [0.5, 0.6) is 0 Å². The Balaban J connectivity index is 2.19. The summed E-state index contributed by atoms with van der Waals surface area (Å²) in [5.74, 6) is 0. The second-order valence-corrected chi connectivity index (χ2v) is 4.89. The summed E-state index contributed by atoms with van der Waals surface area (Å²) in [5.41, 5.74) is 3.12. The predicted octanol–water partition coefficient (Wildman–Crippen LogP) is 4.19. The second-order valence-electron chi connectivity index (χ2n) is 4.00. The third-order valence-electron chi connectivity index (χ3n) is 2.90. The number of pyridine rings is 1. The first kappa shape index (κ1) is 10.9. The van der Waals surface area contributed by atoms with Crippen LogP contribution in [-0.2, 0) is 6.54 Å². The zero-order valence-electron chi connectivity index (χ0n) is 9.03. The summed E-state index contributed by atoms with van der Waals surface area (Å²) in [4.78, 5) is 4.13. The van der Waals surface area contributed by atoms with E-state index in [2.05, 4.69) is 9.55 Å². The third-order valence-corrected chi connectivity index (χ3v) is 3.48. The Hall–Kier alpha value is -1.25. The molecular weight excluding hydrogens is 255 g/mol. The summed E-state index contributed by atoms with van der Waals surface area (Å²) in [7, 11) is 0. The standard InChI is InChI=1S/C13H10Cl2N2/c14-10-3-5-17-11(6-10)7-12(15)13(17)9-2-1-4-16-8-9/h1-2,4,6-8H,3,5H2. The second kappa shape index (κ2) is 4.21. The molecule has 0 amide bonds. The smallest absolute Gasteiger partial charge is 0.0690 e. The van der Waals surface area contributed by atoms with Crippen LogP contribution in [0.15, 0.2) is 35.6 Å². The zero-order valence-corrected chi connectivity index (χ0v) is 10.5. The van der Waals surface area contributed by atoms with E-state index >= 15 is 0 Å². The molecule has 86 valence electrons. The Bertz CT molecular complexity index is 585. The normalized spacial score (nSPS) is 14.4. The molecule has 0 bridgehead atoms. The number of fused-ring (bicyclic) bond motifs is 1. The van der Waals surface area contributed by atoms with Gasteiger partial charge in [-0.15, -0.1) is 0 Å². The van der Waals surface area contributed by atoms with Gasteiger partial charge < -0.3 is 4.57 Å². The van der Waals surface area contributed by atoms with Crippen molar-refractivity contribution >= 4 is 29.3 Å². The minimum absolute atomic E-state index is 0.746. The molecule has 1 aliphatic heterocycles. The number of nitrogens with zero attached hydrogens (tertiary/aromatic N) is 2. The summed E-state index contributed by atoms with van der Waals surface area (Å²) >= 11 is 12.3. The van der Waals surface area contributed by atoms with E-state index < -0.39 is 0 Å². The topological polar surface area (TPSA) is 17.8 Å². The highest BCUT2D eigenvalue weighted by atomic mass is 35.5. The predicted molar refractivity (Wildman–Crippen MR) is 71.1 cm³/mol. The van der Waals surface area contributed by atoms with E-state index in [0.29, 0.717) is 0 Å². The number of aromatic nitrogens is 2. The van der Waals surface area contributed by atoms with Gasteiger partial charge in [-0.2, -0.15) is 0 Å². The Morgan fingerprint density at radius 3 is 2.94 bits per heavy atom. The fourth-order valence-corrected chi connectivity index (χ4v) is 2.66. The van der Waals surface area contributed by atoms with Crippen LogP contribution in [0.1, 0.15) is 12.1 Å². The molecule has 3 rings (SSSR count). The van der Waals surface area contributed by atoms with Crippen molar-refractivity contribution in [1.82, 2.24) is 9.55 Å². The van der Waals surface area contributed by atoms with Crippen LogP contribution in [0, 0.1) is 0 Å². The first-order valence-corrected chi connectivity index (χ1v) is 6.17. The molecular formula is C13H10Cl2N2. The average Bonchev–Trinajstić information content (AvgIpc) is 2.65. The average molecular weight is 265 g/mol.